The first kappa shape index (κ1) is 16.9. The number of halogens is 4. The summed E-state index contributed by atoms with van der Waals surface area (Å²) in [6.07, 6.45) is -3.85. The fraction of sp³-hybridized carbons (Fsp3) is 0.571. The average Bonchev–Trinajstić information content (AvgIpc) is 2.38. The molecule has 0 fully saturated rings. The number of alkyl halides is 3. The normalized spacial score (nSPS) is 13.5. The molecule has 0 saturated heterocycles. The Labute approximate surface area is 116 Å². The second-order valence-corrected chi connectivity index (χ2v) is 4.40. The Balaban J connectivity index is 3.00. The van der Waals surface area contributed by atoms with E-state index < -0.39 is 17.6 Å². The summed E-state index contributed by atoms with van der Waals surface area (Å²) in [6, 6.07) is 2.68. The summed E-state index contributed by atoms with van der Waals surface area (Å²) < 4.78 is 56.6. The maximum Gasteiger partial charge on any atom is 0.419 e. The predicted molar refractivity (Wildman–Crippen MR) is 68.9 cm³/mol. The molecule has 114 valence electrons. The van der Waals surface area contributed by atoms with E-state index in [2.05, 4.69) is 5.32 Å². The Bertz CT molecular complexity index is 412. The monoisotopic (exact) mass is 293 g/mol. The van der Waals surface area contributed by atoms with Gasteiger partial charge in [-0.1, -0.05) is 13.0 Å². The highest BCUT2D eigenvalue weighted by atomic mass is 19.4. The lowest BCUT2D eigenvalue weighted by molar-refractivity contribution is -0.140. The largest absolute Gasteiger partial charge is 0.419 e. The summed E-state index contributed by atoms with van der Waals surface area (Å²) in [5.74, 6) is -1.26. The minimum absolute atomic E-state index is 0.249. The van der Waals surface area contributed by atoms with E-state index in [0.29, 0.717) is 18.7 Å². The molecule has 0 radical (unpaired) electrons. The van der Waals surface area contributed by atoms with Crippen molar-refractivity contribution >= 4 is 0 Å². The number of rotatable bonds is 7. The topological polar surface area (TPSA) is 21.3 Å². The molecule has 0 heterocycles. The number of hydrogen-bond acceptors (Lipinski definition) is 2. The van der Waals surface area contributed by atoms with Crippen LogP contribution in [0.1, 0.15) is 37.4 Å². The van der Waals surface area contributed by atoms with E-state index in [9.17, 15) is 17.6 Å². The molecule has 1 N–H and O–H groups in total. The Hall–Kier alpha value is -1.14. The molecule has 0 saturated carbocycles. The van der Waals surface area contributed by atoms with Gasteiger partial charge in [0.2, 0.25) is 0 Å². The van der Waals surface area contributed by atoms with E-state index in [1.165, 1.54) is 6.07 Å². The lowest BCUT2D eigenvalue weighted by Gasteiger charge is -2.20. The summed E-state index contributed by atoms with van der Waals surface area (Å²) in [4.78, 5) is 0. The summed E-state index contributed by atoms with van der Waals surface area (Å²) >= 11 is 0. The summed E-state index contributed by atoms with van der Waals surface area (Å²) in [5.41, 5.74) is -0.865. The van der Waals surface area contributed by atoms with Crippen LogP contribution in [-0.2, 0) is 10.9 Å². The Kier molecular flexibility index (Phi) is 6.42. The Morgan fingerprint density at radius 1 is 1.25 bits per heavy atom. The predicted octanol–water partition coefficient (Wildman–Crippen LogP) is 3.92. The smallest absolute Gasteiger partial charge is 0.380 e. The van der Waals surface area contributed by atoms with Crippen molar-refractivity contribution in [3.8, 4) is 0 Å². The van der Waals surface area contributed by atoms with Gasteiger partial charge >= 0.3 is 6.18 Å². The molecule has 0 bridgehead atoms. The van der Waals surface area contributed by atoms with E-state index in [0.717, 1.165) is 18.6 Å². The third-order valence-corrected chi connectivity index (χ3v) is 2.83. The van der Waals surface area contributed by atoms with Gasteiger partial charge in [-0.05, 0) is 37.6 Å². The quantitative estimate of drug-likeness (QED) is 0.769. The number of nitrogens with one attached hydrogen (secondary N) is 1. The van der Waals surface area contributed by atoms with Gasteiger partial charge < -0.3 is 10.1 Å². The zero-order valence-corrected chi connectivity index (χ0v) is 11.6. The minimum Gasteiger partial charge on any atom is -0.380 e. The van der Waals surface area contributed by atoms with Crippen molar-refractivity contribution < 1.29 is 22.3 Å². The highest BCUT2D eigenvalue weighted by molar-refractivity contribution is 5.29. The highest BCUT2D eigenvalue weighted by Crippen LogP contribution is 2.33. The molecular weight excluding hydrogens is 274 g/mol. The van der Waals surface area contributed by atoms with Crippen LogP contribution < -0.4 is 5.32 Å². The van der Waals surface area contributed by atoms with Crippen LogP contribution in [0, 0.1) is 5.82 Å². The van der Waals surface area contributed by atoms with Gasteiger partial charge in [-0.2, -0.15) is 13.2 Å². The maximum atomic E-state index is 13.3. The molecule has 0 aliphatic carbocycles. The molecule has 1 aromatic carbocycles. The van der Waals surface area contributed by atoms with Gasteiger partial charge in [0, 0.05) is 6.61 Å². The molecule has 0 aromatic heterocycles. The molecule has 6 heteroatoms. The third kappa shape index (κ3) is 4.76. The van der Waals surface area contributed by atoms with E-state index in [4.69, 9.17) is 4.74 Å². The van der Waals surface area contributed by atoms with Crippen LogP contribution in [0.25, 0.3) is 0 Å². The zero-order valence-electron chi connectivity index (χ0n) is 11.6. The van der Waals surface area contributed by atoms with Crippen molar-refractivity contribution in [2.75, 3.05) is 19.8 Å². The van der Waals surface area contributed by atoms with Crippen molar-refractivity contribution in [2.24, 2.45) is 0 Å². The van der Waals surface area contributed by atoms with E-state index in [1.54, 1.807) is 0 Å². The average molecular weight is 293 g/mol. The fourth-order valence-corrected chi connectivity index (χ4v) is 1.80. The van der Waals surface area contributed by atoms with Crippen LogP contribution in [-0.4, -0.2) is 19.8 Å². The van der Waals surface area contributed by atoms with Crippen LogP contribution in [0.4, 0.5) is 17.6 Å². The summed E-state index contributed by atoms with van der Waals surface area (Å²) in [7, 11) is 0. The van der Waals surface area contributed by atoms with Gasteiger partial charge in [-0.3, -0.25) is 0 Å². The first-order valence-corrected chi connectivity index (χ1v) is 6.57. The molecule has 0 amide bonds. The van der Waals surface area contributed by atoms with Crippen LogP contribution in [0.15, 0.2) is 18.2 Å². The second-order valence-electron chi connectivity index (χ2n) is 4.40. The third-order valence-electron chi connectivity index (χ3n) is 2.83. The van der Waals surface area contributed by atoms with Gasteiger partial charge in [0.25, 0.3) is 0 Å². The lowest BCUT2D eigenvalue weighted by atomic mass is 10.0. The van der Waals surface area contributed by atoms with E-state index in [-0.39, 0.29) is 12.6 Å². The first-order valence-electron chi connectivity index (χ1n) is 6.57. The Morgan fingerprint density at radius 3 is 2.50 bits per heavy atom. The van der Waals surface area contributed by atoms with Crippen LogP contribution in [0.3, 0.4) is 0 Å². The zero-order chi connectivity index (χ0) is 15.2. The summed E-state index contributed by atoms with van der Waals surface area (Å²) in [5, 5.41) is 3.10. The molecule has 2 nitrogen and oxygen atoms in total. The SMILES string of the molecule is CCCNC(COCC)c1ccc(F)c(C(F)(F)F)c1. The van der Waals surface area contributed by atoms with Crippen molar-refractivity contribution in [1.29, 1.82) is 0 Å². The van der Waals surface area contributed by atoms with Gasteiger partial charge in [0.1, 0.15) is 5.82 Å². The minimum atomic E-state index is -4.69. The van der Waals surface area contributed by atoms with E-state index in [1.807, 2.05) is 13.8 Å². The lowest BCUT2D eigenvalue weighted by Crippen LogP contribution is -2.27. The number of benzene rings is 1. The first-order chi connectivity index (χ1) is 9.40. The number of ether oxygens (including phenoxy) is 1. The molecule has 1 rings (SSSR count). The van der Waals surface area contributed by atoms with Crippen molar-refractivity contribution in [1.82, 2.24) is 5.32 Å². The Morgan fingerprint density at radius 2 is 1.95 bits per heavy atom. The molecular formula is C14H19F4NO. The molecule has 1 unspecified atom stereocenters. The molecule has 0 aliphatic rings. The van der Waals surface area contributed by atoms with Gasteiger partial charge in [0.15, 0.2) is 0 Å². The van der Waals surface area contributed by atoms with Crippen molar-refractivity contribution in [3.63, 3.8) is 0 Å². The maximum absolute atomic E-state index is 13.3. The molecule has 0 spiro atoms. The summed E-state index contributed by atoms with van der Waals surface area (Å²) in [6.45, 7) is 5.13. The molecule has 1 aromatic rings. The highest BCUT2D eigenvalue weighted by Gasteiger charge is 2.34. The molecule has 20 heavy (non-hydrogen) atoms. The fourth-order valence-electron chi connectivity index (χ4n) is 1.80. The van der Waals surface area contributed by atoms with Crippen molar-refractivity contribution in [2.45, 2.75) is 32.5 Å². The van der Waals surface area contributed by atoms with E-state index >= 15 is 0 Å². The van der Waals surface area contributed by atoms with Crippen molar-refractivity contribution in [3.05, 3.63) is 35.1 Å². The van der Waals surface area contributed by atoms with Gasteiger partial charge in [-0.15, -0.1) is 0 Å². The van der Waals surface area contributed by atoms with Crippen LogP contribution in [0.2, 0.25) is 0 Å². The molecule has 1 atom stereocenters. The number of hydrogen-bond donors (Lipinski definition) is 1. The molecule has 0 aliphatic heterocycles. The van der Waals surface area contributed by atoms with Crippen LogP contribution >= 0.6 is 0 Å². The van der Waals surface area contributed by atoms with Gasteiger partial charge in [-0.25, -0.2) is 4.39 Å². The second kappa shape index (κ2) is 7.59. The standard InChI is InChI=1S/C14H19F4NO/c1-3-7-19-13(9-20-4-2)10-5-6-12(15)11(8-10)14(16,17)18/h5-6,8,13,19H,3-4,7,9H2,1-2H3. The van der Waals surface area contributed by atoms with Crippen LogP contribution in [0.5, 0.6) is 0 Å². The van der Waals surface area contributed by atoms with Gasteiger partial charge in [0.05, 0.1) is 18.2 Å².